The molecule has 0 atom stereocenters. The van der Waals surface area contributed by atoms with Gasteiger partial charge in [-0.05, 0) is 36.8 Å². The second-order valence-electron chi connectivity index (χ2n) is 8.86. The average molecular weight is 421 g/mol. The van der Waals surface area contributed by atoms with Crippen molar-refractivity contribution in [2.75, 3.05) is 39.9 Å². The molecule has 31 heavy (non-hydrogen) atoms. The third-order valence-electron chi connectivity index (χ3n) is 6.83. The van der Waals surface area contributed by atoms with Gasteiger partial charge < -0.3 is 15.4 Å². The lowest BCUT2D eigenvalue weighted by atomic mass is 9.74. The Morgan fingerprint density at radius 3 is 2.29 bits per heavy atom. The highest BCUT2D eigenvalue weighted by Crippen LogP contribution is 2.34. The summed E-state index contributed by atoms with van der Waals surface area (Å²) in [7, 11) is 1.87. The maximum absolute atomic E-state index is 5.68. The number of ether oxygens (including phenoxy) is 1. The van der Waals surface area contributed by atoms with Crippen LogP contribution in [0.15, 0.2) is 65.7 Å². The number of rotatable bonds is 6. The summed E-state index contributed by atoms with van der Waals surface area (Å²) < 4.78 is 5.68. The second kappa shape index (κ2) is 10.8. The predicted octanol–water partition coefficient (Wildman–Crippen LogP) is 3.56. The number of guanidine groups is 1. The fourth-order valence-corrected chi connectivity index (χ4v) is 4.84. The van der Waals surface area contributed by atoms with Crippen molar-refractivity contribution < 1.29 is 4.74 Å². The maximum Gasteiger partial charge on any atom is 0.191 e. The Hall–Kier alpha value is -2.37. The summed E-state index contributed by atoms with van der Waals surface area (Å²) in [6.07, 6.45) is 4.37. The normalized spacial score (nSPS) is 20.4. The number of nitrogens with zero attached hydrogens (tertiary/aromatic N) is 2. The van der Waals surface area contributed by atoms with E-state index in [0.29, 0.717) is 6.04 Å². The van der Waals surface area contributed by atoms with Crippen LogP contribution in [0.1, 0.15) is 36.8 Å². The summed E-state index contributed by atoms with van der Waals surface area (Å²) in [4.78, 5) is 7.08. The lowest BCUT2D eigenvalue weighted by molar-refractivity contribution is 0.0513. The fourth-order valence-electron chi connectivity index (χ4n) is 4.84. The van der Waals surface area contributed by atoms with E-state index in [2.05, 4.69) is 81.2 Å². The van der Waals surface area contributed by atoms with Crippen molar-refractivity contribution in [1.82, 2.24) is 15.5 Å². The van der Waals surface area contributed by atoms with Crippen molar-refractivity contribution >= 4 is 5.96 Å². The van der Waals surface area contributed by atoms with Crippen LogP contribution in [0.4, 0.5) is 0 Å². The van der Waals surface area contributed by atoms with Crippen molar-refractivity contribution in [2.24, 2.45) is 4.99 Å². The van der Waals surface area contributed by atoms with Crippen LogP contribution in [0.5, 0.6) is 0 Å². The minimum Gasteiger partial charge on any atom is -0.381 e. The summed E-state index contributed by atoms with van der Waals surface area (Å²) in [6, 6.07) is 22.1. The van der Waals surface area contributed by atoms with Gasteiger partial charge in [-0.3, -0.25) is 9.89 Å². The zero-order valence-electron chi connectivity index (χ0n) is 18.7. The topological polar surface area (TPSA) is 48.9 Å². The molecule has 2 fully saturated rings. The highest BCUT2D eigenvalue weighted by molar-refractivity contribution is 5.80. The molecule has 2 aliphatic heterocycles. The van der Waals surface area contributed by atoms with Gasteiger partial charge in [-0.25, -0.2) is 0 Å². The van der Waals surface area contributed by atoms with E-state index in [0.717, 1.165) is 71.0 Å². The molecule has 2 aromatic carbocycles. The Kier molecular flexibility index (Phi) is 7.60. The van der Waals surface area contributed by atoms with E-state index >= 15 is 0 Å². The summed E-state index contributed by atoms with van der Waals surface area (Å²) >= 11 is 0. The van der Waals surface area contributed by atoms with Gasteiger partial charge in [0, 0.05) is 57.9 Å². The Balaban J connectivity index is 1.29. The van der Waals surface area contributed by atoms with Gasteiger partial charge in [0.1, 0.15) is 0 Å². The van der Waals surface area contributed by atoms with E-state index in [1.807, 2.05) is 7.05 Å². The Labute approximate surface area is 186 Å². The summed E-state index contributed by atoms with van der Waals surface area (Å²) in [5, 5.41) is 7.33. The zero-order valence-corrected chi connectivity index (χ0v) is 18.7. The molecular weight excluding hydrogens is 384 g/mol. The van der Waals surface area contributed by atoms with Crippen molar-refractivity contribution in [3.63, 3.8) is 0 Å². The predicted molar refractivity (Wildman–Crippen MR) is 127 cm³/mol. The molecule has 0 spiro atoms. The van der Waals surface area contributed by atoms with Gasteiger partial charge >= 0.3 is 0 Å². The number of aliphatic imine (C=N–C) groups is 1. The van der Waals surface area contributed by atoms with E-state index in [1.165, 1.54) is 11.1 Å². The highest BCUT2D eigenvalue weighted by Gasteiger charge is 2.34. The molecule has 0 aromatic heterocycles. The molecule has 0 saturated carbocycles. The number of piperidine rings is 1. The van der Waals surface area contributed by atoms with Crippen LogP contribution in [-0.4, -0.2) is 56.8 Å². The summed E-state index contributed by atoms with van der Waals surface area (Å²) in [5.74, 6) is 0.920. The van der Waals surface area contributed by atoms with Crippen molar-refractivity contribution in [2.45, 2.75) is 43.7 Å². The molecule has 0 aliphatic carbocycles. The van der Waals surface area contributed by atoms with Gasteiger partial charge in [-0.1, -0.05) is 60.7 Å². The minimum absolute atomic E-state index is 0.107. The van der Waals surface area contributed by atoms with E-state index in [-0.39, 0.29) is 5.41 Å². The lowest BCUT2D eigenvalue weighted by Gasteiger charge is -2.39. The molecule has 2 N–H and O–H groups in total. The number of hydrogen-bond donors (Lipinski definition) is 2. The molecular formula is C26H36N4O. The number of likely N-dealkylation sites (tertiary alicyclic amines) is 1. The quantitative estimate of drug-likeness (QED) is 0.554. The summed E-state index contributed by atoms with van der Waals surface area (Å²) in [6.45, 7) is 5.81. The van der Waals surface area contributed by atoms with Crippen LogP contribution >= 0.6 is 0 Å². The lowest BCUT2D eigenvalue weighted by Crippen LogP contribution is -2.52. The summed E-state index contributed by atoms with van der Waals surface area (Å²) in [5.41, 5.74) is 2.90. The molecule has 0 amide bonds. The van der Waals surface area contributed by atoms with Crippen molar-refractivity contribution in [3.8, 4) is 0 Å². The highest BCUT2D eigenvalue weighted by atomic mass is 16.5. The molecule has 4 rings (SSSR count). The third kappa shape index (κ3) is 5.86. The van der Waals surface area contributed by atoms with Crippen LogP contribution in [-0.2, 0) is 16.7 Å². The molecule has 0 radical (unpaired) electrons. The van der Waals surface area contributed by atoms with Crippen LogP contribution in [0.3, 0.4) is 0 Å². The van der Waals surface area contributed by atoms with Crippen LogP contribution in [0.25, 0.3) is 0 Å². The Bertz CT molecular complexity index is 810. The van der Waals surface area contributed by atoms with Crippen molar-refractivity contribution in [1.29, 1.82) is 0 Å². The second-order valence-corrected chi connectivity index (χ2v) is 8.86. The first-order valence-corrected chi connectivity index (χ1v) is 11.6. The largest absolute Gasteiger partial charge is 0.381 e. The maximum atomic E-state index is 5.68. The molecule has 0 bridgehead atoms. The molecule has 166 valence electrons. The first-order chi connectivity index (χ1) is 15.3. The van der Waals surface area contributed by atoms with Crippen LogP contribution in [0, 0.1) is 0 Å². The molecule has 5 nitrogen and oxygen atoms in total. The smallest absolute Gasteiger partial charge is 0.191 e. The number of hydrogen-bond acceptors (Lipinski definition) is 3. The Morgan fingerprint density at radius 1 is 1.00 bits per heavy atom. The van der Waals surface area contributed by atoms with Crippen LogP contribution in [0.2, 0.25) is 0 Å². The Morgan fingerprint density at radius 2 is 1.65 bits per heavy atom. The van der Waals surface area contributed by atoms with Gasteiger partial charge in [0.2, 0.25) is 0 Å². The first kappa shape index (κ1) is 21.8. The third-order valence-corrected chi connectivity index (χ3v) is 6.83. The first-order valence-electron chi connectivity index (χ1n) is 11.6. The average Bonchev–Trinajstić information content (AvgIpc) is 2.84. The molecule has 5 heteroatoms. The molecule has 0 unspecified atom stereocenters. The number of benzene rings is 2. The van der Waals surface area contributed by atoms with Crippen LogP contribution < -0.4 is 10.6 Å². The van der Waals surface area contributed by atoms with Gasteiger partial charge in [0.05, 0.1) is 0 Å². The standard InChI is InChI=1S/C26H36N4O/c1-27-25(28-21-26(14-18-31-19-15-26)23-10-6-3-7-11-23)29-24-12-16-30(17-13-24)20-22-8-4-2-5-9-22/h2-11,24H,12-21H2,1H3,(H2,27,28,29). The van der Waals surface area contributed by atoms with E-state index in [4.69, 9.17) is 4.74 Å². The van der Waals surface area contributed by atoms with Gasteiger partial charge in [0.15, 0.2) is 5.96 Å². The van der Waals surface area contributed by atoms with Gasteiger partial charge in [0.25, 0.3) is 0 Å². The molecule has 2 aliphatic rings. The molecule has 2 heterocycles. The van der Waals surface area contributed by atoms with Gasteiger partial charge in [-0.15, -0.1) is 0 Å². The van der Waals surface area contributed by atoms with E-state index in [9.17, 15) is 0 Å². The van der Waals surface area contributed by atoms with Crippen molar-refractivity contribution in [3.05, 3.63) is 71.8 Å². The zero-order chi connectivity index (χ0) is 21.4. The SMILES string of the molecule is CN=C(NCC1(c2ccccc2)CCOCC1)NC1CCN(Cc2ccccc2)CC1. The molecule has 2 saturated heterocycles. The monoisotopic (exact) mass is 420 g/mol. The van der Waals surface area contributed by atoms with E-state index in [1.54, 1.807) is 0 Å². The number of nitrogens with one attached hydrogen (secondary N) is 2. The minimum atomic E-state index is 0.107. The fraction of sp³-hybridized carbons (Fsp3) is 0.500. The molecule has 2 aromatic rings. The van der Waals surface area contributed by atoms with Gasteiger partial charge in [-0.2, -0.15) is 0 Å². The van der Waals surface area contributed by atoms with E-state index < -0.39 is 0 Å².